The normalized spacial score (nSPS) is 11.0. The second kappa shape index (κ2) is 5.21. The molecular weight excluding hydrogens is 250 g/mol. The van der Waals surface area contributed by atoms with Crippen LogP contribution in [0.25, 0.3) is 0 Å². The lowest BCUT2D eigenvalue weighted by Crippen LogP contribution is -2.00. The van der Waals surface area contributed by atoms with E-state index in [9.17, 15) is 10.1 Å². The first kappa shape index (κ1) is 12.6. The van der Waals surface area contributed by atoms with Crippen LogP contribution in [0.15, 0.2) is 23.3 Å². The number of rotatable bonds is 4. The average molecular weight is 261 g/mol. The molecule has 19 heavy (non-hydrogen) atoms. The number of anilines is 1. The fraction of sp³-hybridized carbons (Fsp3) is 0.200. The molecule has 98 valence electrons. The Balaban J connectivity index is 2.31. The maximum atomic E-state index is 10.9. The van der Waals surface area contributed by atoms with Crippen molar-refractivity contribution in [1.82, 2.24) is 20.3 Å². The van der Waals surface area contributed by atoms with E-state index < -0.39 is 4.92 Å². The van der Waals surface area contributed by atoms with Crippen LogP contribution in [0.1, 0.15) is 18.1 Å². The summed E-state index contributed by atoms with van der Waals surface area (Å²) in [4.78, 5) is 11.5. The number of benzene rings is 1. The first-order valence-corrected chi connectivity index (χ1v) is 5.47. The van der Waals surface area contributed by atoms with Gasteiger partial charge in [0.25, 0.3) is 11.6 Å². The van der Waals surface area contributed by atoms with Crippen molar-refractivity contribution in [1.29, 1.82) is 0 Å². The van der Waals surface area contributed by atoms with E-state index in [4.69, 9.17) is 5.73 Å². The van der Waals surface area contributed by atoms with Crippen LogP contribution in [0.3, 0.4) is 0 Å². The van der Waals surface area contributed by atoms with Gasteiger partial charge in [-0.3, -0.25) is 10.1 Å². The molecule has 0 spiro atoms. The van der Waals surface area contributed by atoms with Gasteiger partial charge in [0.1, 0.15) is 0 Å². The van der Waals surface area contributed by atoms with Crippen molar-refractivity contribution in [3.63, 3.8) is 0 Å². The summed E-state index contributed by atoms with van der Waals surface area (Å²) >= 11 is 0. The van der Waals surface area contributed by atoms with Crippen LogP contribution in [0, 0.1) is 10.1 Å². The van der Waals surface area contributed by atoms with Crippen molar-refractivity contribution >= 4 is 17.9 Å². The van der Waals surface area contributed by atoms with Crippen LogP contribution < -0.4 is 5.73 Å². The SMILES string of the molecule is CCc1ccc(/C=N\n2nnnc2N)cc1[N+](=O)[O-]. The summed E-state index contributed by atoms with van der Waals surface area (Å²) in [6.07, 6.45) is 1.99. The first-order chi connectivity index (χ1) is 9.11. The predicted molar refractivity (Wildman–Crippen MR) is 67.7 cm³/mol. The van der Waals surface area contributed by atoms with Crippen LogP contribution in [0.2, 0.25) is 0 Å². The Morgan fingerprint density at radius 1 is 1.58 bits per heavy atom. The molecular formula is C10H11N7O2. The number of aromatic nitrogens is 4. The molecule has 2 aromatic rings. The highest BCUT2D eigenvalue weighted by Crippen LogP contribution is 2.20. The summed E-state index contributed by atoms with van der Waals surface area (Å²) in [6.45, 7) is 1.86. The Morgan fingerprint density at radius 2 is 2.37 bits per heavy atom. The van der Waals surface area contributed by atoms with E-state index in [1.54, 1.807) is 12.1 Å². The average Bonchev–Trinajstić information content (AvgIpc) is 2.81. The smallest absolute Gasteiger partial charge is 0.273 e. The van der Waals surface area contributed by atoms with Crippen LogP contribution in [-0.4, -0.2) is 31.5 Å². The number of aryl methyl sites for hydroxylation is 1. The number of hydrogen-bond acceptors (Lipinski definition) is 7. The molecule has 2 rings (SSSR count). The lowest BCUT2D eigenvalue weighted by Gasteiger charge is -2.00. The van der Waals surface area contributed by atoms with Crippen molar-refractivity contribution < 1.29 is 4.92 Å². The first-order valence-electron chi connectivity index (χ1n) is 5.47. The highest BCUT2D eigenvalue weighted by atomic mass is 16.6. The van der Waals surface area contributed by atoms with Gasteiger partial charge < -0.3 is 5.73 Å². The highest BCUT2D eigenvalue weighted by molar-refractivity contribution is 5.81. The lowest BCUT2D eigenvalue weighted by atomic mass is 10.1. The third-order valence-electron chi connectivity index (χ3n) is 2.48. The molecule has 0 aliphatic rings. The minimum Gasteiger partial charge on any atom is -0.365 e. The number of nitro benzene ring substituents is 1. The van der Waals surface area contributed by atoms with Gasteiger partial charge in [0.2, 0.25) is 0 Å². The number of nitro groups is 1. The van der Waals surface area contributed by atoms with Crippen molar-refractivity contribution in [2.75, 3.05) is 5.73 Å². The second-order valence-corrected chi connectivity index (χ2v) is 3.67. The minimum atomic E-state index is -0.415. The van der Waals surface area contributed by atoms with Crippen LogP contribution in [0.5, 0.6) is 0 Å². The van der Waals surface area contributed by atoms with Crippen LogP contribution >= 0.6 is 0 Å². The molecule has 9 nitrogen and oxygen atoms in total. The van der Waals surface area contributed by atoms with E-state index in [1.165, 1.54) is 12.3 Å². The summed E-state index contributed by atoms with van der Waals surface area (Å²) in [5, 5.41) is 25.1. The predicted octanol–water partition coefficient (Wildman–Crippen LogP) is 0.608. The number of tetrazole rings is 1. The zero-order valence-electron chi connectivity index (χ0n) is 10.1. The maximum absolute atomic E-state index is 10.9. The summed E-state index contributed by atoms with van der Waals surface area (Å²) in [5.41, 5.74) is 6.74. The molecule has 0 aliphatic heterocycles. The van der Waals surface area contributed by atoms with E-state index in [2.05, 4.69) is 20.6 Å². The Labute approximate surface area is 107 Å². The third kappa shape index (κ3) is 2.70. The maximum Gasteiger partial charge on any atom is 0.273 e. The zero-order chi connectivity index (χ0) is 13.8. The molecule has 0 fully saturated rings. The molecule has 0 aliphatic carbocycles. The molecule has 0 unspecified atom stereocenters. The molecule has 0 bridgehead atoms. The number of nitrogens with zero attached hydrogens (tertiary/aromatic N) is 6. The molecule has 2 N–H and O–H groups in total. The monoisotopic (exact) mass is 261 g/mol. The minimum absolute atomic E-state index is 0.0379. The van der Waals surface area contributed by atoms with Gasteiger partial charge in [-0.25, -0.2) is 0 Å². The molecule has 1 aromatic heterocycles. The molecule has 9 heteroatoms. The molecule has 0 atom stereocenters. The topological polar surface area (TPSA) is 125 Å². The van der Waals surface area contributed by atoms with Gasteiger partial charge in [0, 0.05) is 17.2 Å². The van der Waals surface area contributed by atoms with Gasteiger partial charge >= 0.3 is 0 Å². The van der Waals surface area contributed by atoms with Crippen molar-refractivity contribution in [3.8, 4) is 0 Å². The van der Waals surface area contributed by atoms with E-state index >= 15 is 0 Å². The largest absolute Gasteiger partial charge is 0.365 e. The van der Waals surface area contributed by atoms with Crippen LogP contribution in [0.4, 0.5) is 11.6 Å². The lowest BCUT2D eigenvalue weighted by molar-refractivity contribution is -0.385. The summed E-state index contributed by atoms with van der Waals surface area (Å²) in [6, 6.07) is 4.88. The second-order valence-electron chi connectivity index (χ2n) is 3.67. The van der Waals surface area contributed by atoms with E-state index in [1.807, 2.05) is 6.92 Å². The Hall–Kier alpha value is -2.84. The quantitative estimate of drug-likeness (QED) is 0.488. The summed E-state index contributed by atoms with van der Waals surface area (Å²) in [5.74, 6) is 0.0379. The zero-order valence-corrected chi connectivity index (χ0v) is 10.1. The summed E-state index contributed by atoms with van der Waals surface area (Å²) in [7, 11) is 0. The van der Waals surface area contributed by atoms with Gasteiger partial charge in [-0.1, -0.05) is 28.9 Å². The Kier molecular flexibility index (Phi) is 3.46. The van der Waals surface area contributed by atoms with Gasteiger partial charge in [-0.15, -0.1) is 0 Å². The third-order valence-corrected chi connectivity index (χ3v) is 2.48. The van der Waals surface area contributed by atoms with Gasteiger partial charge in [-0.05, 0) is 16.8 Å². The molecule has 0 amide bonds. The fourth-order valence-corrected chi connectivity index (χ4v) is 1.52. The van der Waals surface area contributed by atoms with Gasteiger partial charge in [0.05, 0.1) is 11.1 Å². The standard InChI is InChI=1S/C10H11N7O2/c1-2-8-4-3-7(5-9(8)17(18)19)6-12-16-10(11)13-14-15-16/h3-6H,2H2,1H3,(H2,11,13,15)/b12-6-. The molecule has 0 saturated carbocycles. The number of hydrogen-bond donors (Lipinski definition) is 1. The van der Waals surface area contributed by atoms with Gasteiger partial charge in [0.15, 0.2) is 0 Å². The number of nitrogens with two attached hydrogens (primary N) is 1. The van der Waals surface area contributed by atoms with Crippen molar-refractivity contribution in [2.24, 2.45) is 5.10 Å². The summed E-state index contributed by atoms with van der Waals surface area (Å²) < 4.78 is 0. The fourth-order valence-electron chi connectivity index (χ4n) is 1.52. The highest BCUT2D eigenvalue weighted by Gasteiger charge is 2.12. The Bertz CT molecular complexity index is 635. The molecule has 0 saturated heterocycles. The Morgan fingerprint density at radius 3 is 2.95 bits per heavy atom. The van der Waals surface area contributed by atoms with E-state index in [-0.39, 0.29) is 11.6 Å². The molecule has 0 radical (unpaired) electrons. The van der Waals surface area contributed by atoms with Gasteiger partial charge in [-0.2, -0.15) is 5.10 Å². The number of nitrogen functional groups attached to an aromatic ring is 1. The van der Waals surface area contributed by atoms with E-state index in [0.29, 0.717) is 17.5 Å². The van der Waals surface area contributed by atoms with Crippen molar-refractivity contribution in [3.05, 3.63) is 39.4 Å². The molecule has 1 heterocycles. The van der Waals surface area contributed by atoms with E-state index in [0.717, 1.165) is 4.79 Å². The van der Waals surface area contributed by atoms with Crippen LogP contribution in [-0.2, 0) is 6.42 Å². The molecule has 1 aromatic carbocycles. The van der Waals surface area contributed by atoms with Crippen molar-refractivity contribution in [2.45, 2.75) is 13.3 Å².